The molecule has 1 amide bonds. The molecule has 2 aliphatic rings. The van der Waals surface area contributed by atoms with Crippen molar-refractivity contribution < 1.29 is 24.2 Å². The number of aryl methyl sites for hydroxylation is 1. The fraction of sp³-hybridized carbons (Fsp3) is 0.559. The van der Waals surface area contributed by atoms with Gasteiger partial charge in [-0.2, -0.15) is 5.10 Å². The first kappa shape index (κ1) is 34.2. The molecular formula is C34H46ClN7O5Si. The topological polar surface area (TPSA) is 137 Å². The molecule has 48 heavy (non-hydrogen) atoms. The van der Waals surface area contributed by atoms with Gasteiger partial charge in [0.15, 0.2) is 5.65 Å². The van der Waals surface area contributed by atoms with Crippen molar-refractivity contribution in [3.63, 3.8) is 0 Å². The lowest BCUT2D eigenvalue weighted by atomic mass is 9.97. The number of aromatic nitrogens is 5. The highest BCUT2D eigenvalue weighted by molar-refractivity contribution is 6.76. The number of aliphatic carboxylic acids is 1. The number of hydrogen-bond acceptors (Lipinski definition) is 8. The van der Waals surface area contributed by atoms with Gasteiger partial charge in [-0.3, -0.25) is 9.48 Å². The van der Waals surface area contributed by atoms with Crippen LogP contribution in [0.5, 0.6) is 0 Å². The summed E-state index contributed by atoms with van der Waals surface area (Å²) in [7, 11) is -1.27. The van der Waals surface area contributed by atoms with Crippen molar-refractivity contribution in [2.75, 3.05) is 11.5 Å². The number of nitrogens with zero attached hydrogens (tertiary/aromatic N) is 6. The average molecular weight is 696 g/mol. The summed E-state index contributed by atoms with van der Waals surface area (Å²) in [5, 5.41) is 18.0. The van der Waals surface area contributed by atoms with Gasteiger partial charge in [0.2, 0.25) is 0 Å². The monoisotopic (exact) mass is 695 g/mol. The van der Waals surface area contributed by atoms with Crippen LogP contribution in [0.3, 0.4) is 0 Å². The molecular weight excluding hydrogens is 650 g/mol. The summed E-state index contributed by atoms with van der Waals surface area (Å²) in [4.78, 5) is 36.2. The molecule has 0 spiro atoms. The summed E-state index contributed by atoms with van der Waals surface area (Å²) in [6.45, 7) is 13.9. The van der Waals surface area contributed by atoms with Crippen molar-refractivity contribution in [3.8, 4) is 11.1 Å². The van der Waals surface area contributed by atoms with E-state index in [1.807, 2.05) is 49.9 Å². The number of carbonyl (C=O) groups is 2. The highest BCUT2D eigenvalue weighted by atomic mass is 35.5. The second kappa shape index (κ2) is 13.3. The van der Waals surface area contributed by atoms with E-state index in [0.29, 0.717) is 23.9 Å². The summed E-state index contributed by atoms with van der Waals surface area (Å²) in [6, 6.07) is 5.41. The van der Waals surface area contributed by atoms with Crippen molar-refractivity contribution in [3.05, 3.63) is 35.7 Å². The Morgan fingerprint density at radius 2 is 1.83 bits per heavy atom. The van der Waals surface area contributed by atoms with Gasteiger partial charge in [-0.15, -0.1) is 0 Å². The van der Waals surface area contributed by atoms with Gasteiger partial charge >= 0.3 is 12.1 Å². The molecule has 258 valence electrons. The van der Waals surface area contributed by atoms with Gasteiger partial charge in [0, 0.05) is 61.7 Å². The first-order chi connectivity index (χ1) is 22.6. The maximum absolute atomic E-state index is 12.5. The van der Waals surface area contributed by atoms with Crippen molar-refractivity contribution in [1.82, 2.24) is 29.6 Å². The largest absolute Gasteiger partial charge is 0.481 e. The van der Waals surface area contributed by atoms with Gasteiger partial charge in [0.1, 0.15) is 23.7 Å². The number of carboxylic acid groups (broad SMARTS) is 1. The Kier molecular flexibility index (Phi) is 9.49. The van der Waals surface area contributed by atoms with Crippen LogP contribution in [0.1, 0.15) is 52.9 Å². The molecule has 2 bridgehead atoms. The van der Waals surface area contributed by atoms with E-state index < -0.39 is 19.6 Å². The minimum absolute atomic E-state index is 0.0266. The molecule has 14 heteroatoms. The van der Waals surface area contributed by atoms with Crippen LogP contribution in [0, 0.1) is 0 Å². The van der Waals surface area contributed by atoms with E-state index in [-0.39, 0.29) is 37.2 Å². The van der Waals surface area contributed by atoms with Crippen molar-refractivity contribution in [2.24, 2.45) is 0 Å². The summed E-state index contributed by atoms with van der Waals surface area (Å²) in [5.41, 5.74) is 3.23. The van der Waals surface area contributed by atoms with E-state index in [2.05, 4.69) is 35.0 Å². The number of halogens is 1. The molecule has 2 fully saturated rings. The van der Waals surface area contributed by atoms with Crippen LogP contribution < -0.4 is 10.2 Å². The van der Waals surface area contributed by atoms with Crippen LogP contribution in [-0.2, 0) is 27.5 Å². The molecule has 0 aliphatic carbocycles. The minimum Gasteiger partial charge on any atom is -0.481 e. The number of rotatable bonds is 11. The molecule has 2 aliphatic heterocycles. The van der Waals surface area contributed by atoms with Gasteiger partial charge in [-0.25, -0.2) is 14.8 Å². The van der Waals surface area contributed by atoms with Gasteiger partial charge in [-0.1, -0.05) is 37.3 Å². The maximum Gasteiger partial charge on any atom is 0.407 e. The number of benzene rings is 1. The third kappa shape index (κ3) is 7.63. The predicted molar refractivity (Wildman–Crippen MR) is 189 cm³/mol. The molecule has 1 aromatic carbocycles. The Morgan fingerprint density at radius 3 is 2.50 bits per heavy atom. The fourth-order valence-electron chi connectivity index (χ4n) is 6.78. The van der Waals surface area contributed by atoms with Crippen LogP contribution in [0.2, 0.25) is 30.7 Å². The number of nitrogens with one attached hydrogen (secondary N) is 1. The van der Waals surface area contributed by atoms with Crippen molar-refractivity contribution in [2.45, 2.75) is 116 Å². The van der Waals surface area contributed by atoms with Crippen LogP contribution in [0.4, 0.5) is 10.6 Å². The Hall–Kier alpha value is -3.68. The van der Waals surface area contributed by atoms with Crippen LogP contribution in [0.15, 0.2) is 30.7 Å². The zero-order valence-corrected chi connectivity index (χ0v) is 30.4. The third-order valence-electron chi connectivity index (χ3n) is 9.01. The molecule has 6 rings (SSSR count). The zero-order chi connectivity index (χ0) is 34.4. The molecule has 0 radical (unpaired) electrons. The molecule has 2 N–H and O–H groups in total. The highest BCUT2D eigenvalue weighted by Crippen LogP contribution is 2.41. The normalized spacial score (nSPS) is 19.7. The number of hydrogen-bond donors (Lipinski definition) is 2. The third-order valence-corrected chi connectivity index (χ3v) is 11.1. The summed E-state index contributed by atoms with van der Waals surface area (Å²) >= 11 is 7.02. The van der Waals surface area contributed by atoms with Crippen molar-refractivity contribution in [1.29, 1.82) is 0 Å². The number of fused-ring (bicyclic) bond motifs is 4. The first-order valence-electron chi connectivity index (χ1n) is 16.7. The average Bonchev–Trinajstić information content (AvgIpc) is 3.65. The molecule has 1 unspecified atom stereocenters. The second-order valence-electron chi connectivity index (χ2n) is 15.3. The Labute approximate surface area is 286 Å². The molecule has 0 saturated carbocycles. The van der Waals surface area contributed by atoms with E-state index in [1.165, 1.54) is 0 Å². The Morgan fingerprint density at radius 1 is 1.10 bits per heavy atom. The standard InChI is InChI=1S/C34H46ClN7O5Si/c1-34(2,3)47-33(45)37-21-15-22-7-8-23(16-21)42(22)28-17-36-31-25(18-40(32(31)38-28)20-46-13-14-48(4,5)6)24-9-10-27-26(30(24)35)19-41(39-27)12-11-29(43)44/h9-10,17-19,21-23H,7-8,11-16,20H2,1-6H3,(H,37,45)(H,43,44)/t21?,22-,23+. The molecule has 2 saturated heterocycles. The molecule has 3 atom stereocenters. The van der Waals surface area contributed by atoms with Crippen LogP contribution in [-0.4, -0.2) is 79.9 Å². The number of piperidine rings is 1. The smallest absolute Gasteiger partial charge is 0.407 e. The summed E-state index contributed by atoms with van der Waals surface area (Å²) < 4.78 is 15.4. The lowest BCUT2D eigenvalue weighted by molar-refractivity contribution is -0.137. The quantitative estimate of drug-likeness (QED) is 0.127. The van der Waals surface area contributed by atoms with Gasteiger partial charge < -0.3 is 29.4 Å². The van der Waals surface area contributed by atoms with Crippen LogP contribution in [0.25, 0.3) is 33.2 Å². The highest BCUT2D eigenvalue weighted by Gasteiger charge is 2.42. The number of carbonyl (C=O) groups excluding carboxylic acids is 1. The molecule has 12 nitrogen and oxygen atoms in total. The van der Waals surface area contributed by atoms with E-state index in [9.17, 15) is 9.59 Å². The van der Waals surface area contributed by atoms with E-state index in [1.54, 1.807) is 10.9 Å². The predicted octanol–water partition coefficient (Wildman–Crippen LogP) is 6.91. The lowest BCUT2D eigenvalue weighted by Gasteiger charge is -2.39. The summed E-state index contributed by atoms with van der Waals surface area (Å²) in [6.07, 6.45) is 8.95. The molecule has 5 heterocycles. The zero-order valence-electron chi connectivity index (χ0n) is 28.6. The number of carboxylic acids is 1. The summed E-state index contributed by atoms with van der Waals surface area (Å²) in [5.74, 6) is -0.0611. The fourth-order valence-corrected chi connectivity index (χ4v) is 7.85. The number of anilines is 1. The Bertz CT molecular complexity index is 1810. The first-order valence-corrected chi connectivity index (χ1v) is 20.8. The van der Waals surface area contributed by atoms with Gasteiger partial charge in [0.25, 0.3) is 0 Å². The second-order valence-corrected chi connectivity index (χ2v) is 21.3. The van der Waals surface area contributed by atoms with Gasteiger partial charge in [-0.05, 0) is 58.6 Å². The number of amides is 1. The molecule has 4 aromatic rings. The minimum atomic E-state index is -1.27. The molecule has 3 aromatic heterocycles. The number of alkyl carbamates (subject to hydrolysis) is 1. The van der Waals surface area contributed by atoms with E-state index in [4.69, 9.17) is 36.1 Å². The van der Waals surface area contributed by atoms with E-state index in [0.717, 1.165) is 65.2 Å². The van der Waals surface area contributed by atoms with Crippen molar-refractivity contribution >= 4 is 59.6 Å². The lowest BCUT2D eigenvalue weighted by Crippen LogP contribution is -2.51. The maximum atomic E-state index is 12.5. The van der Waals surface area contributed by atoms with E-state index >= 15 is 0 Å². The Balaban J connectivity index is 1.30. The number of ether oxygens (including phenoxy) is 2. The SMILES string of the molecule is CC(C)(C)OC(=O)NC1C[C@H]2CC[C@@H](C1)N2c1cnc2c(-c3ccc4nn(CCC(=O)O)cc4c3Cl)cn(COCC[Si](C)(C)C)c2n1. The van der Waals surface area contributed by atoms with Crippen LogP contribution >= 0.6 is 11.6 Å². The van der Waals surface area contributed by atoms with Gasteiger partial charge in [0.05, 0.1) is 29.7 Å².